The first-order valence-corrected chi connectivity index (χ1v) is 8.05. The number of nitrogens with zero attached hydrogens (tertiary/aromatic N) is 3. The molecule has 3 rings (SSSR count). The first-order valence-electron chi connectivity index (χ1n) is 8.05. The van der Waals surface area contributed by atoms with E-state index in [1.54, 1.807) is 0 Å². The smallest absolute Gasteiger partial charge is 0.159 e. The van der Waals surface area contributed by atoms with Crippen molar-refractivity contribution in [1.82, 2.24) is 9.97 Å². The minimum atomic E-state index is 0.253. The first kappa shape index (κ1) is 15.2. The Labute approximate surface area is 131 Å². The van der Waals surface area contributed by atoms with Gasteiger partial charge >= 0.3 is 0 Å². The van der Waals surface area contributed by atoms with Crippen molar-refractivity contribution in [2.24, 2.45) is 0 Å². The lowest BCUT2D eigenvalue weighted by molar-refractivity contribution is -0.115. The first-order chi connectivity index (χ1) is 10.6. The molecule has 0 radical (unpaired) electrons. The lowest BCUT2D eigenvalue weighted by Gasteiger charge is -2.29. The van der Waals surface area contributed by atoms with Crippen molar-refractivity contribution in [3.63, 3.8) is 0 Å². The van der Waals surface area contributed by atoms with Crippen LogP contribution in [0.25, 0.3) is 5.57 Å². The fourth-order valence-electron chi connectivity index (χ4n) is 3.23. The molecule has 2 aliphatic rings. The fraction of sp³-hybridized carbons (Fsp3) is 0.588. The van der Waals surface area contributed by atoms with Crippen LogP contribution in [0.15, 0.2) is 5.57 Å². The molecule has 5 heteroatoms. The number of anilines is 1. The summed E-state index contributed by atoms with van der Waals surface area (Å²) in [6.45, 7) is 9.13. The average molecular weight is 301 g/mol. The topological polar surface area (TPSA) is 55.3 Å². The van der Waals surface area contributed by atoms with Gasteiger partial charge in [-0.15, -0.1) is 0 Å². The molecule has 0 saturated carbocycles. The van der Waals surface area contributed by atoms with Crippen LogP contribution in [0.5, 0.6) is 0 Å². The van der Waals surface area contributed by atoms with Gasteiger partial charge in [-0.05, 0) is 25.8 Å². The summed E-state index contributed by atoms with van der Waals surface area (Å²) < 4.78 is 5.43. The van der Waals surface area contributed by atoms with Gasteiger partial charge in [0.15, 0.2) is 5.78 Å². The van der Waals surface area contributed by atoms with E-state index in [4.69, 9.17) is 4.74 Å². The standard InChI is InChI=1S/C17H23N3O2/c1-4-5-15(21)13-10-14-16(11(13)2)18-12(3)19-17(14)20-6-8-22-9-7-20/h4-10H2,1-3H3. The SMILES string of the molecule is CCCC(=O)C1=C(C)c2nc(C)nc(N3CCOCC3)c2C1. The summed E-state index contributed by atoms with van der Waals surface area (Å²) in [5, 5.41) is 0. The number of Topliss-reactive ketones (excluding diaryl/α,β-unsaturated/α-hetero) is 1. The molecule has 2 heterocycles. The Morgan fingerprint density at radius 2 is 1.95 bits per heavy atom. The average Bonchev–Trinajstić information content (AvgIpc) is 2.85. The number of rotatable bonds is 4. The molecule has 0 amide bonds. The molecule has 0 atom stereocenters. The van der Waals surface area contributed by atoms with Gasteiger partial charge in [0.2, 0.25) is 0 Å². The predicted molar refractivity (Wildman–Crippen MR) is 86.0 cm³/mol. The third kappa shape index (κ3) is 2.65. The van der Waals surface area contributed by atoms with E-state index in [-0.39, 0.29) is 5.78 Å². The van der Waals surface area contributed by atoms with Crippen LogP contribution in [0.1, 0.15) is 43.8 Å². The Morgan fingerprint density at radius 1 is 1.23 bits per heavy atom. The molecule has 1 fully saturated rings. The van der Waals surface area contributed by atoms with E-state index in [1.807, 2.05) is 20.8 Å². The van der Waals surface area contributed by atoms with Gasteiger partial charge in [-0.3, -0.25) is 4.79 Å². The molecule has 0 unspecified atom stereocenters. The number of ketones is 1. The summed E-state index contributed by atoms with van der Waals surface area (Å²) in [5.41, 5.74) is 4.04. The number of hydrogen-bond acceptors (Lipinski definition) is 5. The summed E-state index contributed by atoms with van der Waals surface area (Å²) in [6.07, 6.45) is 2.17. The van der Waals surface area contributed by atoms with Crippen LogP contribution in [-0.2, 0) is 16.0 Å². The summed E-state index contributed by atoms with van der Waals surface area (Å²) in [4.78, 5) is 23.9. The van der Waals surface area contributed by atoms with E-state index in [0.717, 1.165) is 66.8 Å². The summed E-state index contributed by atoms with van der Waals surface area (Å²) in [5.74, 6) is 2.01. The Balaban J connectivity index is 1.98. The van der Waals surface area contributed by atoms with E-state index >= 15 is 0 Å². The van der Waals surface area contributed by atoms with Crippen LogP contribution in [0.2, 0.25) is 0 Å². The molecule has 1 aliphatic carbocycles. The van der Waals surface area contributed by atoms with E-state index in [9.17, 15) is 4.79 Å². The van der Waals surface area contributed by atoms with Gasteiger partial charge in [0.1, 0.15) is 11.6 Å². The van der Waals surface area contributed by atoms with Crippen molar-refractivity contribution < 1.29 is 9.53 Å². The van der Waals surface area contributed by atoms with Crippen molar-refractivity contribution in [3.05, 3.63) is 22.7 Å². The molecule has 0 N–H and O–H groups in total. The number of ether oxygens (including phenoxy) is 1. The molecule has 22 heavy (non-hydrogen) atoms. The highest BCUT2D eigenvalue weighted by molar-refractivity contribution is 6.05. The molecular weight excluding hydrogens is 278 g/mol. The third-order valence-electron chi connectivity index (χ3n) is 4.38. The Kier molecular flexibility index (Phi) is 4.25. The Hall–Kier alpha value is -1.75. The molecule has 118 valence electrons. The number of aryl methyl sites for hydroxylation is 1. The zero-order valence-corrected chi connectivity index (χ0v) is 13.6. The quantitative estimate of drug-likeness (QED) is 0.854. The second kappa shape index (κ2) is 6.16. The lowest BCUT2D eigenvalue weighted by atomic mass is 10.0. The number of morpholine rings is 1. The zero-order valence-electron chi connectivity index (χ0n) is 13.6. The minimum absolute atomic E-state index is 0.253. The summed E-state index contributed by atoms with van der Waals surface area (Å²) >= 11 is 0. The molecule has 1 saturated heterocycles. The number of fused-ring (bicyclic) bond motifs is 1. The van der Waals surface area contributed by atoms with Gasteiger partial charge < -0.3 is 9.64 Å². The second-order valence-electron chi connectivity index (χ2n) is 5.97. The zero-order chi connectivity index (χ0) is 15.7. The molecule has 1 aromatic heterocycles. The molecule has 0 spiro atoms. The number of hydrogen-bond donors (Lipinski definition) is 0. The van der Waals surface area contributed by atoms with Crippen LogP contribution in [0, 0.1) is 6.92 Å². The van der Waals surface area contributed by atoms with Crippen LogP contribution in [0.4, 0.5) is 5.82 Å². The highest BCUT2D eigenvalue weighted by Crippen LogP contribution is 2.37. The van der Waals surface area contributed by atoms with Crippen LogP contribution >= 0.6 is 0 Å². The maximum atomic E-state index is 12.4. The van der Waals surface area contributed by atoms with Crippen LogP contribution in [0.3, 0.4) is 0 Å². The van der Waals surface area contributed by atoms with Gasteiger partial charge in [-0.2, -0.15) is 0 Å². The van der Waals surface area contributed by atoms with Crippen molar-refractivity contribution >= 4 is 17.2 Å². The number of aromatic nitrogens is 2. The maximum Gasteiger partial charge on any atom is 0.159 e. The van der Waals surface area contributed by atoms with E-state index in [1.165, 1.54) is 0 Å². The van der Waals surface area contributed by atoms with E-state index < -0.39 is 0 Å². The van der Waals surface area contributed by atoms with Gasteiger partial charge in [-0.25, -0.2) is 9.97 Å². The third-order valence-corrected chi connectivity index (χ3v) is 4.38. The normalized spacial score (nSPS) is 17.9. The Morgan fingerprint density at radius 3 is 2.64 bits per heavy atom. The molecule has 0 aromatic carbocycles. The van der Waals surface area contributed by atoms with Gasteiger partial charge in [-0.1, -0.05) is 6.92 Å². The predicted octanol–water partition coefficient (Wildman–Crippen LogP) is 2.32. The van der Waals surface area contributed by atoms with E-state index in [2.05, 4.69) is 14.9 Å². The Bertz CT molecular complexity index is 631. The fourth-order valence-corrected chi connectivity index (χ4v) is 3.23. The summed E-state index contributed by atoms with van der Waals surface area (Å²) in [7, 11) is 0. The maximum absolute atomic E-state index is 12.4. The number of carbonyl (C=O) groups is 1. The lowest BCUT2D eigenvalue weighted by Crippen LogP contribution is -2.37. The molecule has 0 bridgehead atoms. The number of carbonyl (C=O) groups excluding carboxylic acids is 1. The monoisotopic (exact) mass is 301 g/mol. The van der Waals surface area contributed by atoms with Crippen molar-refractivity contribution in [1.29, 1.82) is 0 Å². The van der Waals surface area contributed by atoms with Gasteiger partial charge in [0.25, 0.3) is 0 Å². The molecule has 1 aromatic rings. The van der Waals surface area contributed by atoms with Crippen molar-refractivity contribution in [3.8, 4) is 0 Å². The number of allylic oxidation sites excluding steroid dienone is 2. The highest BCUT2D eigenvalue weighted by Gasteiger charge is 2.29. The molecule has 1 aliphatic heterocycles. The van der Waals surface area contributed by atoms with Crippen molar-refractivity contribution in [2.45, 2.75) is 40.0 Å². The van der Waals surface area contributed by atoms with Crippen molar-refractivity contribution in [2.75, 3.05) is 31.2 Å². The molecule has 5 nitrogen and oxygen atoms in total. The summed E-state index contributed by atoms with van der Waals surface area (Å²) in [6, 6.07) is 0. The molecular formula is C17H23N3O2. The minimum Gasteiger partial charge on any atom is -0.378 e. The van der Waals surface area contributed by atoms with E-state index in [0.29, 0.717) is 12.8 Å². The second-order valence-corrected chi connectivity index (χ2v) is 5.97. The largest absolute Gasteiger partial charge is 0.378 e. The van der Waals surface area contributed by atoms with Crippen LogP contribution in [-0.4, -0.2) is 42.1 Å². The van der Waals surface area contributed by atoms with Gasteiger partial charge in [0.05, 0.1) is 18.9 Å². The van der Waals surface area contributed by atoms with Crippen LogP contribution < -0.4 is 4.90 Å². The van der Waals surface area contributed by atoms with Gasteiger partial charge in [0, 0.05) is 37.1 Å². The highest BCUT2D eigenvalue weighted by atomic mass is 16.5.